The summed E-state index contributed by atoms with van der Waals surface area (Å²) in [5.74, 6) is -0.424. The molecule has 1 aromatic rings. The van der Waals surface area contributed by atoms with Crippen molar-refractivity contribution in [1.82, 2.24) is 9.97 Å². The number of aryl methyl sites for hydroxylation is 1. The van der Waals surface area contributed by atoms with Gasteiger partial charge >= 0.3 is 15.2 Å². The Kier molecular flexibility index (Phi) is 3.20. The maximum absolute atomic E-state index is 11.3. The fourth-order valence-corrected chi connectivity index (χ4v) is 3.24. The minimum absolute atomic E-state index is 0.424. The van der Waals surface area contributed by atoms with Crippen molar-refractivity contribution in [3.05, 3.63) is 17.7 Å². The molecule has 0 aliphatic heterocycles. The average molecular weight is 270 g/mol. The van der Waals surface area contributed by atoms with Crippen molar-refractivity contribution < 1.29 is 28.7 Å². The summed E-state index contributed by atoms with van der Waals surface area (Å²) < 4.78 is 22.5. The van der Waals surface area contributed by atoms with Gasteiger partial charge in [0, 0.05) is 11.9 Å². The van der Waals surface area contributed by atoms with Gasteiger partial charge in [-0.2, -0.15) is 0 Å². The summed E-state index contributed by atoms with van der Waals surface area (Å²) in [7, 11) is -10.1. The summed E-state index contributed by atoms with van der Waals surface area (Å²) >= 11 is 0. The number of aromatic nitrogens is 2. The van der Waals surface area contributed by atoms with Crippen LogP contribution in [0.15, 0.2) is 6.20 Å². The van der Waals surface area contributed by atoms with Gasteiger partial charge in [0.25, 0.3) is 0 Å². The van der Waals surface area contributed by atoms with Crippen LogP contribution in [0, 0.1) is 6.92 Å². The molecule has 16 heavy (non-hydrogen) atoms. The highest BCUT2D eigenvalue weighted by molar-refractivity contribution is 7.71. The predicted octanol–water partition coefficient (Wildman–Crippen LogP) is 0.246. The minimum Gasteiger partial charge on any atom is -0.345 e. The van der Waals surface area contributed by atoms with E-state index in [0.29, 0.717) is 5.69 Å². The molecule has 0 saturated heterocycles. The number of hydrogen-bond donors (Lipinski definition) is 5. The number of aromatic amines is 1. The van der Waals surface area contributed by atoms with Gasteiger partial charge in [-0.05, 0) is 13.8 Å². The van der Waals surface area contributed by atoms with E-state index in [0.717, 1.165) is 6.92 Å². The highest BCUT2D eigenvalue weighted by atomic mass is 31.2. The molecular formula is C6H12N2O6P2. The van der Waals surface area contributed by atoms with Gasteiger partial charge in [-0.15, -0.1) is 0 Å². The van der Waals surface area contributed by atoms with Gasteiger partial charge in [0.1, 0.15) is 5.82 Å². The average Bonchev–Trinajstić information content (AvgIpc) is 2.46. The van der Waals surface area contributed by atoms with E-state index >= 15 is 0 Å². The lowest BCUT2D eigenvalue weighted by Crippen LogP contribution is -2.24. The van der Waals surface area contributed by atoms with Gasteiger partial charge in [0.2, 0.25) is 4.90 Å². The standard InChI is InChI=1S/C6H12N2O6P2/c1-4-3-7-5(8-4)6(2,15(9,10)11)16(12,13)14/h3H,1-2H3,(H,7,8)(H2,9,10,11)(H2,12,13,14). The Morgan fingerprint density at radius 2 is 1.69 bits per heavy atom. The highest BCUT2D eigenvalue weighted by Gasteiger charge is 2.59. The van der Waals surface area contributed by atoms with Crippen molar-refractivity contribution in [3.8, 4) is 0 Å². The SMILES string of the molecule is Cc1cnc(C(C)(P(=O)(O)O)P(=O)(O)O)[nH]1. The second kappa shape index (κ2) is 3.77. The molecule has 5 N–H and O–H groups in total. The lowest BCUT2D eigenvalue weighted by atomic mass is 10.4. The number of H-pyrrole nitrogens is 1. The normalized spacial score (nSPS) is 14.1. The number of rotatable bonds is 3. The second-order valence-corrected chi connectivity index (χ2v) is 7.84. The molecule has 0 unspecified atom stereocenters. The van der Waals surface area contributed by atoms with Crippen molar-refractivity contribution >= 4 is 15.2 Å². The van der Waals surface area contributed by atoms with E-state index in [9.17, 15) is 9.13 Å². The minimum atomic E-state index is -5.07. The smallest absolute Gasteiger partial charge is 0.345 e. The van der Waals surface area contributed by atoms with E-state index in [1.807, 2.05) is 0 Å². The fourth-order valence-electron chi connectivity index (χ4n) is 1.10. The molecule has 0 radical (unpaired) electrons. The summed E-state index contributed by atoms with van der Waals surface area (Å²) in [6.07, 6.45) is 1.24. The monoisotopic (exact) mass is 270 g/mol. The molecule has 0 amide bonds. The molecular weight excluding hydrogens is 258 g/mol. The van der Waals surface area contributed by atoms with Crippen molar-refractivity contribution in [1.29, 1.82) is 0 Å². The summed E-state index contributed by atoms with van der Waals surface area (Å²) in [6.45, 7) is 2.34. The van der Waals surface area contributed by atoms with Crippen LogP contribution in [0.5, 0.6) is 0 Å². The summed E-state index contributed by atoms with van der Waals surface area (Å²) in [4.78, 5) is 39.7. The first-order valence-corrected chi connectivity index (χ1v) is 7.36. The van der Waals surface area contributed by atoms with E-state index in [1.165, 1.54) is 6.20 Å². The largest absolute Gasteiger partial charge is 0.351 e. The Morgan fingerprint density at radius 1 is 1.25 bits per heavy atom. The third kappa shape index (κ3) is 2.00. The van der Waals surface area contributed by atoms with Crippen LogP contribution < -0.4 is 0 Å². The van der Waals surface area contributed by atoms with Gasteiger partial charge in [-0.1, -0.05) is 0 Å². The molecule has 0 atom stereocenters. The predicted molar refractivity (Wildman–Crippen MR) is 54.8 cm³/mol. The van der Waals surface area contributed by atoms with E-state index in [1.54, 1.807) is 6.92 Å². The maximum atomic E-state index is 11.3. The van der Waals surface area contributed by atoms with Crippen molar-refractivity contribution in [2.24, 2.45) is 0 Å². The van der Waals surface area contributed by atoms with Crippen LogP contribution in [0.25, 0.3) is 0 Å². The first-order chi connectivity index (χ1) is 7.00. The molecule has 0 saturated carbocycles. The van der Waals surface area contributed by atoms with Crippen LogP contribution in [-0.4, -0.2) is 29.5 Å². The number of hydrogen-bond acceptors (Lipinski definition) is 3. The third-order valence-corrected chi connectivity index (χ3v) is 6.54. The van der Waals surface area contributed by atoms with Crippen LogP contribution in [0.3, 0.4) is 0 Å². The molecule has 1 rings (SSSR count). The molecule has 8 nitrogen and oxygen atoms in total. The molecule has 0 aliphatic rings. The summed E-state index contributed by atoms with van der Waals surface area (Å²) in [5, 5.41) is 0. The van der Waals surface area contributed by atoms with E-state index in [4.69, 9.17) is 19.6 Å². The van der Waals surface area contributed by atoms with Crippen LogP contribution >= 0.6 is 15.2 Å². The Labute approximate surface area is 91.1 Å². The Morgan fingerprint density at radius 3 is 1.94 bits per heavy atom. The number of nitrogens with zero attached hydrogens (tertiary/aromatic N) is 1. The fraction of sp³-hybridized carbons (Fsp3) is 0.500. The van der Waals surface area contributed by atoms with Gasteiger partial charge in [0.05, 0.1) is 0 Å². The van der Waals surface area contributed by atoms with Crippen molar-refractivity contribution in [3.63, 3.8) is 0 Å². The van der Waals surface area contributed by atoms with Gasteiger partial charge in [0.15, 0.2) is 0 Å². The molecule has 0 fully saturated rings. The first-order valence-electron chi connectivity index (χ1n) is 4.13. The van der Waals surface area contributed by atoms with Crippen molar-refractivity contribution in [2.45, 2.75) is 18.7 Å². The molecule has 1 aromatic heterocycles. The quantitative estimate of drug-likeness (QED) is 0.495. The molecule has 1 heterocycles. The second-order valence-electron chi connectivity index (χ2n) is 3.52. The molecule has 0 bridgehead atoms. The van der Waals surface area contributed by atoms with Crippen LogP contribution in [0.4, 0.5) is 0 Å². The van der Waals surface area contributed by atoms with E-state index in [2.05, 4.69) is 9.97 Å². The zero-order chi connectivity index (χ0) is 12.8. The summed E-state index contributed by atoms with van der Waals surface area (Å²) in [6, 6.07) is 0. The molecule has 10 heteroatoms. The van der Waals surface area contributed by atoms with Crippen LogP contribution in [0.1, 0.15) is 18.4 Å². The van der Waals surface area contributed by atoms with Gasteiger partial charge in [-0.25, -0.2) is 4.98 Å². The summed E-state index contributed by atoms with van der Waals surface area (Å²) in [5.41, 5.74) is 0.447. The van der Waals surface area contributed by atoms with E-state index in [-0.39, 0.29) is 0 Å². The van der Waals surface area contributed by atoms with Gasteiger partial charge in [-0.3, -0.25) is 9.13 Å². The van der Waals surface area contributed by atoms with Crippen LogP contribution in [-0.2, 0) is 14.0 Å². The zero-order valence-corrected chi connectivity index (χ0v) is 10.3. The third-order valence-electron chi connectivity index (χ3n) is 2.29. The van der Waals surface area contributed by atoms with E-state index < -0.39 is 25.9 Å². The Balaban J connectivity index is 3.51. The number of imidazole rings is 1. The molecule has 92 valence electrons. The molecule has 0 aromatic carbocycles. The first kappa shape index (κ1) is 13.6. The highest BCUT2D eigenvalue weighted by Crippen LogP contribution is 2.73. The Bertz CT molecular complexity index is 463. The lowest BCUT2D eigenvalue weighted by molar-refractivity contribution is 0.311. The lowest BCUT2D eigenvalue weighted by Gasteiger charge is -2.28. The zero-order valence-electron chi connectivity index (χ0n) is 8.52. The van der Waals surface area contributed by atoms with Gasteiger partial charge < -0.3 is 24.6 Å². The molecule has 0 aliphatic carbocycles. The topological polar surface area (TPSA) is 144 Å². The maximum Gasteiger partial charge on any atom is 0.351 e. The van der Waals surface area contributed by atoms with Crippen LogP contribution in [0.2, 0.25) is 0 Å². The van der Waals surface area contributed by atoms with Crippen molar-refractivity contribution in [2.75, 3.05) is 0 Å². The number of nitrogens with one attached hydrogen (secondary N) is 1. The Hall–Kier alpha value is -0.490. The molecule has 0 spiro atoms.